The van der Waals surface area contributed by atoms with Crippen LogP contribution in [-0.4, -0.2) is 23.2 Å². The molecule has 1 N–H and O–H groups in total. The molecule has 0 spiro atoms. The second-order valence-corrected chi connectivity index (χ2v) is 6.16. The molecule has 96 valence electrons. The molecular weight excluding hydrogens is 214 g/mol. The Kier molecular flexibility index (Phi) is 3.52. The summed E-state index contributed by atoms with van der Waals surface area (Å²) >= 11 is 0. The van der Waals surface area contributed by atoms with Crippen molar-refractivity contribution in [2.24, 2.45) is 11.3 Å². The molecule has 1 aliphatic carbocycles. The first-order chi connectivity index (χ1) is 7.99. The lowest BCUT2D eigenvalue weighted by Crippen LogP contribution is -2.39. The average Bonchev–Trinajstić information content (AvgIpc) is 2.92. The van der Waals surface area contributed by atoms with Gasteiger partial charge in [-0.25, -0.2) is 0 Å². The van der Waals surface area contributed by atoms with Crippen molar-refractivity contribution in [1.29, 1.82) is 0 Å². The maximum Gasteiger partial charge on any atom is 0.228 e. The molecule has 1 aliphatic rings. The van der Waals surface area contributed by atoms with Gasteiger partial charge in [0.15, 0.2) is 5.82 Å². The van der Waals surface area contributed by atoms with Crippen LogP contribution in [0, 0.1) is 11.3 Å². The van der Waals surface area contributed by atoms with E-state index in [9.17, 15) is 0 Å². The van der Waals surface area contributed by atoms with Crippen LogP contribution in [0.1, 0.15) is 45.3 Å². The Morgan fingerprint density at radius 3 is 2.65 bits per heavy atom. The molecule has 2 rings (SSSR count). The van der Waals surface area contributed by atoms with Gasteiger partial charge < -0.3 is 9.84 Å². The van der Waals surface area contributed by atoms with E-state index < -0.39 is 0 Å². The van der Waals surface area contributed by atoms with E-state index in [1.54, 1.807) is 0 Å². The first kappa shape index (κ1) is 12.6. The quantitative estimate of drug-likeness (QED) is 0.853. The molecule has 1 saturated carbocycles. The van der Waals surface area contributed by atoms with Crippen molar-refractivity contribution in [3.05, 3.63) is 11.7 Å². The zero-order valence-corrected chi connectivity index (χ0v) is 11.3. The van der Waals surface area contributed by atoms with Gasteiger partial charge >= 0.3 is 0 Å². The van der Waals surface area contributed by atoms with E-state index in [1.807, 2.05) is 7.05 Å². The van der Waals surface area contributed by atoms with Gasteiger partial charge in [-0.1, -0.05) is 25.9 Å². The van der Waals surface area contributed by atoms with E-state index in [4.69, 9.17) is 4.52 Å². The second kappa shape index (κ2) is 4.77. The summed E-state index contributed by atoms with van der Waals surface area (Å²) < 4.78 is 5.32. The van der Waals surface area contributed by atoms with Gasteiger partial charge in [0.25, 0.3) is 0 Å². The summed E-state index contributed by atoms with van der Waals surface area (Å²) in [5.41, 5.74) is 0.194. The van der Waals surface area contributed by atoms with Crippen molar-refractivity contribution in [3.63, 3.8) is 0 Å². The maximum absolute atomic E-state index is 5.32. The number of hydrogen-bond acceptors (Lipinski definition) is 4. The maximum atomic E-state index is 5.32. The van der Waals surface area contributed by atoms with Crippen molar-refractivity contribution in [2.75, 3.05) is 7.05 Å². The van der Waals surface area contributed by atoms with Crippen LogP contribution in [0.4, 0.5) is 0 Å². The molecule has 1 aromatic rings. The van der Waals surface area contributed by atoms with Crippen LogP contribution in [0.5, 0.6) is 0 Å². The fourth-order valence-corrected chi connectivity index (χ4v) is 2.05. The summed E-state index contributed by atoms with van der Waals surface area (Å²) in [6, 6.07) is 0.358. The molecule has 1 fully saturated rings. The highest BCUT2D eigenvalue weighted by Gasteiger charge is 2.27. The smallest absolute Gasteiger partial charge is 0.228 e. The van der Waals surface area contributed by atoms with Crippen molar-refractivity contribution >= 4 is 0 Å². The summed E-state index contributed by atoms with van der Waals surface area (Å²) in [5.74, 6) is 2.45. The number of nitrogens with zero attached hydrogens (tertiary/aromatic N) is 2. The van der Waals surface area contributed by atoms with Crippen LogP contribution in [-0.2, 0) is 12.8 Å². The van der Waals surface area contributed by atoms with Gasteiger partial charge in [-0.2, -0.15) is 4.98 Å². The molecule has 17 heavy (non-hydrogen) atoms. The van der Waals surface area contributed by atoms with Crippen LogP contribution in [0.25, 0.3) is 0 Å². The van der Waals surface area contributed by atoms with Crippen LogP contribution < -0.4 is 5.32 Å². The zero-order chi connectivity index (χ0) is 12.5. The summed E-state index contributed by atoms with van der Waals surface area (Å²) in [5, 5.41) is 7.38. The number of hydrogen-bond donors (Lipinski definition) is 1. The Morgan fingerprint density at radius 2 is 2.12 bits per heavy atom. The molecule has 0 saturated heterocycles. The van der Waals surface area contributed by atoms with Crippen molar-refractivity contribution in [2.45, 2.75) is 52.5 Å². The SMILES string of the molecule is CNC(Cc1nc(CC2CC2)no1)C(C)(C)C. The first-order valence-electron chi connectivity index (χ1n) is 6.47. The topological polar surface area (TPSA) is 51.0 Å². The normalized spacial score (nSPS) is 18.4. The highest BCUT2D eigenvalue weighted by molar-refractivity contribution is 4.95. The lowest BCUT2D eigenvalue weighted by molar-refractivity contribution is 0.255. The van der Waals surface area contributed by atoms with Crippen LogP contribution >= 0.6 is 0 Å². The molecule has 1 aromatic heterocycles. The highest BCUT2D eigenvalue weighted by atomic mass is 16.5. The molecule has 0 radical (unpaired) electrons. The molecule has 0 amide bonds. The summed E-state index contributed by atoms with van der Waals surface area (Å²) in [6.07, 6.45) is 4.44. The van der Waals surface area contributed by atoms with Gasteiger partial charge in [0.05, 0.1) is 0 Å². The van der Waals surface area contributed by atoms with E-state index in [1.165, 1.54) is 12.8 Å². The van der Waals surface area contributed by atoms with Gasteiger partial charge in [-0.05, 0) is 31.2 Å². The lowest BCUT2D eigenvalue weighted by Gasteiger charge is -2.29. The number of rotatable bonds is 5. The van der Waals surface area contributed by atoms with E-state index >= 15 is 0 Å². The standard InChI is InChI=1S/C13H23N3O/c1-13(2,3)10(14-4)8-12-15-11(16-17-12)7-9-5-6-9/h9-10,14H,5-8H2,1-4H3. The van der Waals surface area contributed by atoms with Gasteiger partial charge in [-0.3, -0.25) is 0 Å². The Labute approximate surface area is 103 Å². The second-order valence-electron chi connectivity index (χ2n) is 6.16. The number of likely N-dealkylation sites (N-methyl/N-ethyl adjacent to an activating group) is 1. The van der Waals surface area contributed by atoms with Crippen molar-refractivity contribution in [3.8, 4) is 0 Å². The predicted molar refractivity (Wildman–Crippen MR) is 66.7 cm³/mol. The molecule has 4 heteroatoms. The molecule has 4 nitrogen and oxygen atoms in total. The van der Waals surface area contributed by atoms with E-state index in [-0.39, 0.29) is 5.41 Å². The molecule has 1 heterocycles. The van der Waals surface area contributed by atoms with Crippen molar-refractivity contribution in [1.82, 2.24) is 15.5 Å². The van der Waals surface area contributed by atoms with E-state index in [0.29, 0.717) is 6.04 Å². The third-order valence-corrected chi connectivity index (χ3v) is 3.45. The summed E-state index contributed by atoms with van der Waals surface area (Å²) in [4.78, 5) is 4.47. The summed E-state index contributed by atoms with van der Waals surface area (Å²) in [6.45, 7) is 6.65. The van der Waals surface area contributed by atoms with Crippen LogP contribution in [0.3, 0.4) is 0 Å². The van der Waals surface area contributed by atoms with Gasteiger partial charge in [0, 0.05) is 18.9 Å². The van der Waals surface area contributed by atoms with E-state index in [0.717, 1.165) is 30.5 Å². The molecule has 1 unspecified atom stereocenters. The minimum Gasteiger partial charge on any atom is -0.339 e. The van der Waals surface area contributed by atoms with Gasteiger partial charge in [0.1, 0.15) is 0 Å². The third kappa shape index (κ3) is 3.53. The molecular formula is C13H23N3O. The Morgan fingerprint density at radius 1 is 1.41 bits per heavy atom. The first-order valence-corrected chi connectivity index (χ1v) is 6.47. The average molecular weight is 237 g/mol. The Hall–Kier alpha value is -0.900. The minimum absolute atomic E-state index is 0.194. The third-order valence-electron chi connectivity index (χ3n) is 3.45. The fraction of sp³-hybridized carbons (Fsp3) is 0.846. The minimum atomic E-state index is 0.194. The molecule has 0 bridgehead atoms. The van der Waals surface area contributed by atoms with Gasteiger partial charge in [0.2, 0.25) is 5.89 Å². The summed E-state index contributed by atoms with van der Waals surface area (Å²) in [7, 11) is 1.98. The van der Waals surface area contributed by atoms with Crippen LogP contribution in [0.2, 0.25) is 0 Å². The lowest BCUT2D eigenvalue weighted by atomic mass is 9.85. The Bertz CT molecular complexity index is 363. The molecule has 0 aromatic carbocycles. The fourth-order valence-electron chi connectivity index (χ4n) is 2.05. The van der Waals surface area contributed by atoms with Crippen LogP contribution in [0.15, 0.2) is 4.52 Å². The predicted octanol–water partition coefficient (Wildman–Crippen LogP) is 2.20. The number of aromatic nitrogens is 2. The highest BCUT2D eigenvalue weighted by Crippen LogP contribution is 2.31. The monoisotopic (exact) mass is 237 g/mol. The zero-order valence-electron chi connectivity index (χ0n) is 11.3. The molecule has 1 atom stereocenters. The Balaban J connectivity index is 1.94. The molecule has 0 aliphatic heterocycles. The van der Waals surface area contributed by atoms with Gasteiger partial charge in [-0.15, -0.1) is 0 Å². The van der Waals surface area contributed by atoms with Crippen molar-refractivity contribution < 1.29 is 4.52 Å². The van der Waals surface area contributed by atoms with E-state index in [2.05, 4.69) is 36.2 Å². The largest absolute Gasteiger partial charge is 0.339 e. The number of nitrogens with one attached hydrogen (secondary N) is 1.